The molecule has 3 aliphatic rings. The Morgan fingerprint density at radius 2 is 1.46 bits per heavy atom. The summed E-state index contributed by atoms with van der Waals surface area (Å²) in [6, 6.07) is 19.8. The van der Waals surface area contributed by atoms with Crippen LogP contribution in [0.1, 0.15) is 70.6 Å². The Hall–Kier alpha value is -3.61. The smallest absolute Gasteiger partial charge is 0.416 e. The number of benzene rings is 3. The van der Waals surface area contributed by atoms with Crippen molar-refractivity contribution in [1.82, 2.24) is 4.90 Å². The van der Waals surface area contributed by atoms with Crippen molar-refractivity contribution in [2.24, 2.45) is 5.92 Å². The monoisotopic (exact) mass is 533 g/mol. The van der Waals surface area contributed by atoms with Crippen molar-refractivity contribution in [3.8, 4) is 11.1 Å². The van der Waals surface area contributed by atoms with Gasteiger partial charge in [0, 0.05) is 29.5 Å². The van der Waals surface area contributed by atoms with Crippen LogP contribution in [0, 0.1) is 12.8 Å². The molecule has 1 amide bonds. The number of carbonyl (C=O) groups excluding carboxylic acids is 2. The first-order valence-electron chi connectivity index (χ1n) is 13.6. The Balaban J connectivity index is 1.17. The van der Waals surface area contributed by atoms with Crippen LogP contribution in [0.5, 0.6) is 0 Å². The first kappa shape index (κ1) is 25.7. The van der Waals surface area contributed by atoms with Crippen LogP contribution in [-0.4, -0.2) is 35.5 Å². The number of carbonyl (C=O) groups is 2. The number of nitrogens with zero attached hydrogens (tertiary/aromatic N) is 1. The van der Waals surface area contributed by atoms with Gasteiger partial charge in [0.05, 0.1) is 5.56 Å². The van der Waals surface area contributed by atoms with Gasteiger partial charge in [-0.2, -0.15) is 13.2 Å². The SMILES string of the molecule is Cc1c(C(=O)C2CC3CCCC(C2)N3C(=O)OCC2c3ccccc3-c3ccccc32)cccc1C(F)(F)F. The molecule has 2 atom stereocenters. The fourth-order valence-corrected chi connectivity index (χ4v) is 6.99. The van der Waals surface area contributed by atoms with E-state index < -0.39 is 17.7 Å². The molecule has 6 rings (SSSR count). The van der Waals surface area contributed by atoms with Crippen molar-refractivity contribution in [2.75, 3.05) is 6.61 Å². The molecule has 0 aromatic heterocycles. The molecular weight excluding hydrogens is 503 g/mol. The van der Waals surface area contributed by atoms with Gasteiger partial charge in [-0.1, -0.05) is 60.7 Å². The summed E-state index contributed by atoms with van der Waals surface area (Å²) in [5.41, 5.74) is 3.94. The molecule has 202 valence electrons. The minimum Gasteiger partial charge on any atom is -0.448 e. The topological polar surface area (TPSA) is 46.6 Å². The number of alkyl halides is 3. The van der Waals surface area contributed by atoms with Crippen molar-refractivity contribution < 1.29 is 27.5 Å². The molecule has 39 heavy (non-hydrogen) atoms. The molecule has 0 radical (unpaired) electrons. The normalized spacial score (nSPS) is 22.3. The van der Waals surface area contributed by atoms with Crippen LogP contribution in [0.15, 0.2) is 66.7 Å². The van der Waals surface area contributed by atoms with E-state index in [9.17, 15) is 22.8 Å². The van der Waals surface area contributed by atoms with E-state index in [1.165, 1.54) is 19.1 Å². The van der Waals surface area contributed by atoms with E-state index in [0.29, 0.717) is 12.8 Å². The van der Waals surface area contributed by atoms with Crippen LogP contribution in [0.2, 0.25) is 0 Å². The average molecular weight is 534 g/mol. The molecule has 4 nitrogen and oxygen atoms in total. The number of fused-ring (bicyclic) bond motifs is 5. The standard InChI is InChI=1S/C32H30F3NO3/c1-19-23(14-7-15-29(19)32(33,34)35)30(37)20-16-21-8-6-9-22(17-20)36(21)31(38)39-18-28-26-12-4-2-10-24(26)25-11-3-5-13-27(25)28/h2-5,7,10-15,20-22,28H,6,8-9,16-18H2,1H3. The summed E-state index contributed by atoms with van der Waals surface area (Å²) in [6.07, 6.45) is -1.54. The van der Waals surface area contributed by atoms with Gasteiger partial charge in [-0.25, -0.2) is 4.79 Å². The maximum absolute atomic E-state index is 13.4. The van der Waals surface area contributed by atoms with Gasteiger partial charge in [0.25, 0.3) is 0 Å². The number of halogens is 3. The predicted octanol–water partition coefficient (Wildman–Crippen LogP) is 7.78. The lowest BCUT2D eigenvalue weighted by atomic mass is 9.75. The predicted molar refractivity (Wildman–Crippen MR) is 142 cm³/mol. The van der Waals surface area contributed by atoms with Crippen LogP contribution in [0.4, 0.5) is 18.0 Å². The lowest BCUT2D eigenvalue weighted by molar-refractivity contribution is -0.138. The van der Waals surface area contributed by atoms with Gasteiger partial charge in [0.15, 0.2) is 5.78 Å². The number of piperidine rings is 2. The fraction of sp³-hybridized carbons (Fsp3) is 0.375. The van der Waals surface area contributed by atoms with E-state index in [0.717, 1.165) is 47.6 Å². The lowest BCUT2D eigenvalue weighted by Crippen LogP contribution is -2.56. The highest BCUT2D eigenvalue weighted by Crippen LogP contribution is 2.45. The first-order chi connectivity index (χ1) is 18.7. The Labute approximate surface area is 225 Å². The molecule has 2 unspecified atom stereocenters. The summed E-state index contributed by atoms with van der Waals surface area (Å²) in [4.78, 5) is 28.7. The van der Waals surface area contributed by atoms with Crippen LogP contribution in [-0.2, 0) is 10.9 Å². The van der Waals surface area contributed by atoms with E-state index in [4.69, 9.17) is 4.74 Å². The molecule has 0 spiro atoms. The molecule has 1 aliphatic carbocycles. The highest BCUT2D eigenvalue weighted by atomic mass is 19.4. The minimum absolute atomic E-state index is 0.0286. The third-order valence-corrected chi connectivity index (χ3v) is 8.80. The number of ether oxygens (including phenoxy) is 1. The average Bonchev–Trinajstić information content (AvgIpc) is 3.23. The molecule has 0 N–H and O–H groups in total. The summed E-state index contributed by atoms with van der Waals surface area (Å²) in [6.45, 7) is 1.59. The molecular formula is C32H30F3NO3. The second kappa shape index (κ2) is 9.85. The minimum atomic E-state index is -4.51. The Morgan fingerprint density at radius 1 is 0.872 bits per heavy atom. The first-order valence-corrected chi connectivity index (χ1v) is 13.6. The molecule has 3 aromatic rings. The van der Waals surface area contributed by atoms with Gasteiger partial charge in [0.1, 0.15) is 6.61 Å². The Bertz CT molecular complexity index is 1370. The highest BCUT2D eigenvalue weighted by molar-refractivity contribution is 5.99. The zero-order chi connectivity index (χ0) is 27.3. The van der Waals surface area contributed by atoms with E-state index in [1.807, 2.05) is 24.3 Å². The van der Waals surface area contributed by atoms with Crippen molar-refractivity contribution in [3.63, 3.8) is 0 Å². The highest BCUT2D eigenvalue weighted by Gasteiger charge is 2.45. The van der Waals surface area contributed by atoms with E-state index in [-0.39, 0.29) is 47.6 Å². The summed E-state index contributed by atoms with van der Waals surface area (Å²) in [7, 11) is 0. The van der Waals surface area contributed by atoms with Gasteiger partial charge in [0.2, 0.25) is 0 Å². The maximum atomic E-state index is 13.4. The zero-order valence-electron chi connectivity index (χ0n) is 21.7. The quantitative estimate of drug-likeness (QED) is 0.322. The third-order valence-electron chi connectivity index (χ3n) is 8.80. The molecule has 2 fully saturated rings. The molecule has 0 saturated carbocycles. The fourth-order valence-electron chi connectivity index (χ4n) is 6.99. The second-order valence-electron chi connectivity index (χ2n) is 11.0. The summed E-state index contributed by atoms with van der Waals surface area (Å²) < 4.78 is 46.3. The van der Waals surface area contributed by atoms with Gasteiger partial charge in [-0.3, -0.25) is 4.79 Å². The summed E-state index contributed by atoms with van der Waals surface area (Å²) in [5.74, 6) is -0.716. The third kappa shape index (κ3) is 4.52. The Kier molecular flexibility index (Phi) is 6.48. The van der Waals surface area contributed by atoms with E-state index in [1.54, 1.807) is 4.90 Å². The molecule has 2 heterocycles. The van der Waals surface area contributed by atoms with Gasteiger partial charge in [-0.05, 0) is 72.9 Å². The number of hydrogen-bond acceptors (Lipinski definition) is 3. The number of Topliss-reactive ketones (excluding diaryl/α,β-unsaturated/α-hetero) is 1. The zero-order valence-corrected chi connectivity index (χ0v) is 21.7. The maximum Gasteiger partial charge on any atom is 0.416 e. The molecule has 7 heteroatoms. The summed E-state index contributed by atoms with van der Waals surface area (Å²) >= 11 is 0. The molecule has 3 aromatic carbocycles. The number of rotatable bonds is 4. The molecule has 2 bridgehead atoms. The second-order valence-corrected chi connectivity index (χ2v) is 11.0. The largest absolute Gasteiger partial charge is 0.448 e. The number of hydrogen-bond donors (Lipinski definition) is 0. The van der Waals surface area contributed by atoms with Crippen LogP contribution in [0.3, 0.4) is 0 Å². The van der Waals surface area contributed by atoms with Crippen LogP contribution < -0.4 is 0 Å². The number of amides is 1. The number of ketones is 1. The lowest BCUT2D eigenvalue weighted by Gasteiger charge is -2.47. The van der Waals surface area contributed by atoms with Gasteiger partial charge < -0.3 is 9.64 Å². The van der Waals surface area contributed by atoms with E-state index in [2.05, 4.69) is 24.3 Å². The van der Waals surface area contributed by atoms with Crippen molar-refractivity contribution in [3.05, 3.63) is 94.5 Å². The van der Waals surface area contributed by atoms with Gasteiger partial charge >= 0.3 is 12.3 Å². The van der Waals surface area contributed by atoms with Gasteiger partial charge in [-0.15, -0.1) is 0 Å². The molecule has 2 aliphatic heterocycles. The summed E-state index contributed by atoms with van der Waals surface area (Å²) in [5, 5.41) is 0. The van der Waals surface area contributed by atoms with Crippen molar-refractivity contribution in [1.29, 1.82) is 0 Å². The van der Waals surface area contributed by atoms with E-state index >= 15 is 0 Å². The van der Waals surface area contributed by atoms with Crippen molar-refractivity contribution in [2.45, 2.75) is 63.2 Å². The Morgan fingerprint density at radius 3 is 2.05 bits per heavy atom. The molecule has 2 saturated heterocycles. The van der Waals surface area contributed by atoms with Crippen LogP contribution >= 0.6 is 0 Å². The van der Waals surface area contributed by atoms with Crippen molar-refractivity contribution >= 4 is 11.9 Å². The van der Waals surface area contributed by atoms with Crippen LogP contribution in [0.25, 0.3) is 11.1 Å².